The third-order valence-corrected chi connectivity index (χ3v) is 8.98. The highest BCUT2D eigenvalue weighted by Crippen LogP contribution is 2.35. The van der Waals surface area contributed by atoms with Gasteiger partial charge in [-0.05, 0) is 62.1 Å². The van der Waals surface area contributed by atoms with Gasteiger partial charge in [0.05, 0.1) is 24.0 Å². The van der Waals surface area contributed by atoms with E-state index in [0.717, 1.165) is 11.1 Å². The van der Waals surface area contributed by atoms with Crippen molar-refractivity contribution in [2.24, 2.45) is 0 Å². The van der Waals surface area contributed by atoms with Crippen LogP contribution in [0.25, 0.3) is 5.82 Å². The quantitative estimate of drug-likeness (QED) is 0.194. The molecule has 0 radical (unpaired) electrons. The number of carbonyl (C=O) groups is 5. The SMILES string of the molecule is Cc1c(C(=O)N[C@H]2Cc3ccc(cc3)OCCNC(=O)C3(CC3)NC(=O)[C@@H](Cc3ccccc3)NC(=O)[C@H](C)NC2=O)cnn1-c1ccccn1. The maximum atomic E-state index is 13.8. The lowest BCUT2D eigenvalue weighted by atomic mass is 10.0. The third-order valence-electron chi connectivity index (χ3n) is 8.98. The van der Waals surface area contributed by atoms with Crippen molar-refractivity contribution in [3.8, 4) is 11.6 Å². The number of nitrogens with zero attached hydrogens (tertiary/aromatic N) is 3. The van der Waals surface area contributed by atoms with Crippen LogP contribution in [0.3, 0.4) is 0 Å². The smallest absolute Gasteiger partial charge is 0.255 e. The van der Waals surface area contributed by atoms with E-state index in [-0.39, 0.29) is 37.5 Å². The summed E-state index contributed by atoms with van der Waals surface area (Å²) in [6.45, 7) is 3.63. The molecule has 5 amide bonds. The molecule has 0 saturated heterocycles. The number of ether oxygens (including phenoxy) is 1. The van der Waals surface area contributed by atoms with Crippen molar-refractivity contribution < 1.29 is 28.7 Å². The zero-order chi connectivity index (χ0) is 36.0. The fourth-order valence-corrected chi connectivity index (χ4v) is 5.84. The molecule has 3 atom stereocenters. The largest absolute Gasteiger partial charge is 0.492 e. The molecule has 1 spiro atoms. The molecule has 2 aromatic carbocycles. The average Bonchev–Trinajstić information content (AvgIpc) is 3.82. The second-order valence-corrected chi connectivity index (χ2v) is 12.8. The summed E-state index contributed by atoms with van der Waals surface area (Å²) in [5.74, 6) is -1.50. The second-order valence-electron chi connectivity index (χ2n) is 12.8. The molecule has 0 unspecified atom stereocenters. The van der Waals surface area contributed by atoms with Crippen LogP contribution in [0.5, 0.6) is 5.75 Å². The monoisotopic (exact) mass is 692 g/mol. The van der Waals surface area contributed by atoms with Crippen LogP contribution >= 0.6 is 0 Å². The van der Waals surface area contributed by atoms with Crippen LogP contribution < -0.4 is 31.3 Å². The van der Waals surface area contributed by atoms with Crippen molar-refractivity contribution in [1.82, 2.24) is 41.3 Å². The number of amides is 5. The van der Waals surface area contributed by atoms with Crippen molar-refractivity contribution in [2.75, 3.05) is 13.2 Å². The molecule has 51 heavy (non-hydrogen) atoms. The predicted octanol–water partition coefficient (Wildman–Crippen LogP) is 1.31. The standard InChI is InChI=1S/C37H40N8O6/c1-23-32(46)42-30(20-25-8-4-3-5-9-25)35(49)44-37(15-16-37)36(50)39-18-19-51-27-13-11-26(12-14-27)21-29(34(48)41-23)43-33(47)28-22-40-45(24(28)2)31-10-6-7-17-38-31/h3-14,17,22-23,29-30H,15-16,18-21H2,1-2H3,(H,39,50)(H,41,48)(H,42,46)(H,43,47)(H,44,49)/t23-,29-,30+/m0/s1. The number of fused-ring (bicyclic) bond motifs is 15. The van der Waals surface area contributed by atoms with Gasteiger partial charge in [-0.25, -0.2) is 9.67 Å². The molecule has 264 valence electrons. The Morgan fingerprint density at radius 1 is 0.941 bits per heavy atom. The second kappa shape index (κ2) is 15.2. The molecule has 4 heterocycles. The van der Waals surface area contributed by atoms with Gasteiger partial charge in [0.15, 0.2) is 5.82 Å². The van der Waals surface area contributed by atoms with E-state index in [2.05, 4.69) is 36.7 Å². The number of nitrogens with one attached hydrogen (secondary N) is 5. The van der Waals surface area contributed by atoms with Crippen molar-refractivity contribution >= 4 is 29.5 Å². The Hall–Kier alpha value is -6.05. The van der Waals surface area contributed by atoms with Gasteiger partial charge >= 0.3 is 0 Å². The average molecular weight is 693 g/mol. The highest BCUT2D eigenvalue weighted by molar-refractivity contribution is 6.00. The van der Waals surface area contributed by atoms with Crippen molar-refractivity contribution in [3.63, 3.8) is 0 Å². The number of hydrogen-bond acceptors (Lipinski definition) is 8. The fourth-order valence-electron chi connectivity index (χ4n) is 5.84. The van der Waals surface area contributed by atoms with E-state index in [9.17, 15) is 24.0 Å². The molecular formula is C37H40N8O6. The van der Waals surface area contributed by atoms with Crippen LogP contribution in [-0.4, -0.2) is 81.1 Å². The van der Waals surface area contributed by atoms with E-state index >= 15 is 0 Å². The minimum atomic E-state index is -1.09. The predicted molar refractivity (Wildman–Crippen MR) is 186 cm³/mol. The van der Waals surface area contributed by atoms with E-state index in [1.807, 2.05) is 36.4 Å². The Balaban J connectivity index is 1.24. The Bertz CT molecular complexity index is 1890. The molecule has 1 saturated carbocycles. The van der Waals surface area contributed by atoms with Gasteiger partial charge in [0.2, 0.25) is 23.6 Å². The first-order chi connectivity index (χ1) is 24.6. The Morgan fingerprint density at radius 3 is 2.39 bits per heavy atom. The van der Waals surface area contributed by atoms with Gasteiger partial charge in [0.25, 0.3) is 5.91 Å². The van der Waals surface area contributed by atoms with Crippen LogP contribution in [0, 0.1) is 6.92 Å². The summed E-state index contributed by atoms with van der Waals surface area (Å²) in [7, 11) is 0. The zero-order valence-electron chi connectivity index (χ0n) is 28.3. The van der Waals surface area contributed by atoms with Crippen LogP contribution in [0.2, 0.25) is 0 Å². The molecular weight excluding hydrogens is 652 g/mol. The van der Waals surface area contributed by atoms with Gasteiger partial charge in [0, 0.05) is 19.0 Å². The van der Waals surface area contributed by atoms with Gasteiger partial charge < -0.3 is 31.3 Å². The first-order valence-electron chi connectivity index (χ1n) is 16.9. The Morgan fingerprint density at radius 2 is 1.69 bits per heavy atom. The maximum absolute atomic E-state index is 13.8. The van der Waals surface area contributed by atoms with E-state index < -0.39 is 47.3 Å². The highest BCUT2D eigenvalue weighted by atomic mass is 16.5. The maximum Gasteiger partial charge on any atom is 0.255 e. The highest BCUT2D eigenvalue weighted by Gasteiger charge is 2.51. The molecule has 14 nitrogen and oxygen atoms in total. The lowest BCUT2D eigenvalue weighted by Crippen LogP contribution is -2.59. The number of aromatic nitrogens is 3. The number of hydrogen-bond donors (Lipinski definition) is 5. The van der Waals surface area contributed by atoms with Crippen molar-refractivity contribution in [2.45, 2.75) is 63.2 Å². The fraction of sp³-hybridized carbons (Fsp3) is 0.324. The van der Waals surface area contributed by atoms with Crippen molar-refractivity contribution in [3.05, 3.63) is 108 Å². The summed E-state index contributed by atoms with van der Waals surface area (Å²) < 4.78 is 7.35. The molecule has 1 aliphatic carbocycles. The van der Waals surface area contributed by atoms with Crippen LogP contribution in [0.1, 0.15) is 46.9 Å². The van der Waals surface area contributed by atoms with Crippen LogP contribution in [0.15, 0.2) is 85.2 Å². The molecule has 2 bridgehead atoms. The van der Waals surface area contributed by atoms with Gasteiger partial charge in [-0.15, -0.1) is 0 Å². The molecule has 4 aromatic rings. The van der Waals surface area contributed by atoms with Crippen LogP contribution in [0.4, 0.5) is 0 Å². The normalized spacial score (nSPS) is 21.0. The van der Waals surface area contributed by atoms with Gasteiger partial charge in [-0.2, -0.15) is 5.10 Å². The minimum Gasteiger partial charge on any atom is -0.492 e. The zero-order valence-corrected chi connectivity index (χ0v) is 28.3. The molecule has 2 aliphatic heterocycles. The van der Waals surface area contributed by atoms with Crippen LogP contribution in [-0.2, 0) is 32.0 Å². The summed E-state index contributed by atoms with van der Waals surface area (Å²) in [5, 5.41) is 18.3. The van der Waals surface area contributed by atoms with Gasteiger partial charge in [-0.1, -0.05) is 48.5 Å². The Labute approximate surface area is 294 Å². The van der Waals surface area contributed by atoms with Gasteiger partial charge in [-0.3, -0.25) is 24.0 Å². The number of carbonyl (C=O) groups excluding carboxylic acids is 5. The Kier molecular flexibility index (Phi) is 10.4. The van der Waals surface area contributed by atoms with E-state index in [4.69, 9.17) is 4.74 Å². The molecule has 2 aromatic heterocycles. The topological polar surface area (TPSA) is 185 Å². The van der Waals surface area contributed by atoms with E-state index in [1.54, 1.807) is 49.5 Å². The summed E-state index contributed by atoms with van der Waals surface area (Å²) in [6, 6.07) is 18.3. The lowest BCUT2D eigenvalue weighted by Gasteiger charge is -2.25. The first-order valence-corrected chi connectivity index (χ1v) is 16.9. The summed E-state index contributed by atoms with van der Waals surface area (Å²) in [5.41, 5.74) is 1.23. The summed E-state index contributed by atoms with van der Waals surface area (Å²) >= 11 is 0. The number of benzene rings is 2. The molecule has 7 rings (SSSR count). The van der Waals surface area contributed by atoms with Crippen molar-refractivity contribution in [1.29, 1.82) is 0 Å². The third kappa shape index (κ3) is 8.40. The lowest BCUT2D eigenvalue weighted by molar-refractivity contribution is -0.134. The first kappa shape index (κ1) is 34.8. The van der Waals surface area contributed by atoms with Gasteiger partial charge in [0.1, 0.15) is 36.0 Å². The summed E-state index contributed by atoms with van der Waals surface area (Å²) in [4.78, 5) is 72.0. The number of rotatable bonds is 5. The van der Waals surface area contributed by atoms with E-state index in [1.165, 1.54) is 17.8 Å². The molecule has 3 aliphatic rings. The number of pyridine rings is 1. The molecule has 1 fully saturated rings. The van der Waals surface area contributed by atoms with E-state index in [0.29, 0.717) is 30.1 Å². The molecule has 5 N–H and O–H groups in total. The minimum absolute atomic E-state index is 0.0940. The molecule has 14 heteroatoms. The summed E-state index contributed by atoms with van der Waals surface area (Å²) in [6.07, 6.45) is 4.21.